The van der Waals surface area contributed by atoms with Crippen molar-refractivity contribution in [1.29, 1.82) is 0 Å². The molecule has 1 aromatic rings. The van der Waals surface area contributed by atoms with Gasteiger partial charge in [-0.25, -0.2) is 0 Å². The molecule has 2 heteroatoms. The van der Waals surface area contributed by atoms with Crippen LogP contribution >= 0.6 is 0 Å². The molecule has 1 aromatic carbocycles. The Bertz CT molecular complexity index is 653. The zero-order valence-corrected chi connectivity index (χ0v) is 10.6. The van der Waals surface area contributed by atoms with E-state index in [4.69, 9.17) is 0 Å². The summed E-state index contributed by atoms with van der Waals surface area (Å²) >= 11 is 0. The Morgan fingerprint density at radius 1 is 1.21 bits per heavy atom. The third-order valence-electron chi connectivity index (χ3n) is 4.39. The zero-order valence-electron chi connectivity index (χ0n) is 10.6. The molecule has 0 saturated carbocycles. The molecule has 94 valence electrons. The van der Waals surface area contributed by atoms with Gasteiger partial charge in [0.2, 0.25) is 5.91 Å². The number of amides is 1. The first-order valence-corrected chi connectivity index (χ1v) is 6.77. The Morgan fingerprint density at radius 2 is 2.11 bits per heavy atom. The van der Waals surface area contributed by atoms with Crippen molar-refractivity contribution < 1.29 is 4.79 Å². The van der Waals surface area contributed by atoms with E-state index in [0.29, 0.717) is 0 Å². The zero-order chi connectivity index (χ0) is 12.9. The molecule has 0 aromatic heterocycles. The molecule has 1 spiro atoms. The normalized spacial score (nSPS) is 30.8. The van der Waals surface area contributed by atoms with E-state index in [2.05, 4.69) is 41.7 Å². The predicted molar refractivity (Wildman–Crippen MR) is 74.4 cm³/mol. The summed E-state index contributed by atoms with van der Waals surface area (Å²) < 4.78 is 0. The second-order valence-electron chi connectivity index (χ2n) is 5.48. The van der Waals surface area contributed by atoms with Gasteiger partial charge in [-0.15, -0.1) is 0 Å². The highest BCUT2D eigenvalue weighted by Crippen LogP contribution is 2.42. The van der Waals surface area contributed by atoms with Crippen LogP contribution in [0.15, 0.2) is 60.2 Å². The van der Waals surface area contributed by atoms with Crippen molar-refractivity contribution in [2.45, 2.75) is 18.4 Å². The summed E-state index contributed by atoms with van der Waals surface area (Å²) in [5.74, 6) is 0.0122. The molecule has 3 aliphatic rings. The average molecular weight is 249 g/mol. The maximum Gasteiger partial charge on any atom is 0.232 e. The van der Waals surface area contributed by atoms with Gasteiger partial charge in [-0.3, -0.25) is 4.79 Å². The first kappa shape index (κ1) is 10.8. The molecular weight excluding hydrogens is 234 g/mol. The predicted octanol–water partition coefficient (Wildman–Crippen LogP) is 2.63. The van der Waals surface area contributed by atoms with Crippen molar-refractivity contribution in [3.05, 3.63) is 71.3 Å². The van der Waals surface area contributed by atoms with E-state index >= 15 is 0 Å². The first-order chi connectivity index (χ1) is 9.28. The molecule has 2 atom stereocenters. The molecule has 1 heterocycles. The topological polar surface area (TPSA) is 29.1 Å². The molecule has 2 nitrogen and oxygen atoms in total. The lowest BCUT2D eigenvalue weighted by atomic mass is 9.80. The SMILES string of the molecule is O=C1NC2(C=C3C=CC=CC13)CCc1ccccc12. The van der Waals surface area contributed by atoms with Crippen LogP contribution < -0.4 is 5.32 Å². The molecule has 0 fully saturated rings. The molecule has 1 N–H and O–H groups in total. The van der Waals surface area contributed by atoms with Gasteiger partial charge in [0.1, 0.15) is 0 Å². The van der Waals surface area contributed by atoms with Crippen molar-refractivity contribution in [3.8, 4) is 0 Å². The smallest absolute Gasteiger partial charge is 0.232 e. The number of hydrogen-bond donors (Lipinski definition) is 1. The first-order valence-electron chi connectivity index (χ1n) is 6.77. The van der Waals surface area contributed by atoms with Crippen LogP contribution in [0.25, 0.3) is 0 Å². The Labute approximate surface area is 112 Å². The monoisotopic (exact) mass is 249 g/mol. The number of fused-ring (bicyclic) bond motifs is 3. The van der Waals surface area contributed by atoms with Gasteiger partial charge in [-0.05, 0) is 29.5 Å². The molecule has 0 radical (unpaired) electrons. The number of hydrogen-bond acceptors (Lipinski definition) is 1. The number of nitrogens with one attached hydrogen (secondary N) is 1. The van der Waals surface area contributed by atoms with Gasteiger partial charge in [-0.2, -0.15) is 0 Å². The van der Waals surface area contributed by atoms with Crippen LogP contribution in [-0.4, -0.2) is 5.91 Å². The average Bonchev–Trinajstić information content (AvgIpc) is 2.78. The van der Waals surface area contributed by atoms with E-state index in [0.717, 1.165) is 18.4 Å². The van der Waals surface area contributed by atoms with Crippen molar-refractivity contribution in [2.24, 2.45) is 5.92 Å². The summed E-state index contributed by atoms with van der Waals surface area (Å²) in [6.45, 7) is 0. The standard InChI is InChI=1S/C17H15NO/c19-16-14-7-3-1-6-13(14)11-17(18-16)10-9-12-5-2-4-8-15(12)17/h1-8,11,14H,9-10H2,(H,18,19). The highest BCUT2D eigenvalue weighted by Gasteiger charge is 2.43. The fraction of sp³-hybridized carbons (Fsp3) is 0.235. The van der Waals surface area contributed by atoms with Gasteiger partial charge in [0.25, 0.3) is 0 Å². The van der Waals surface area contributed by atoms with Gasteiger partial charge in [0, 0.05) is 0 Å². The fourth-order valence-electron chi connectivity index (χ4n) is 3.47. The number of carbonyl (C=O) groups is 1. The number of rotatable bonds is 0. The van der Waals surface area contributed by atoms with E-state index in [1.54, 1.807) is 0 Å². The van der Waals surface area contributed by atoms with Crippen molar-refractivity contribution in [3.63, 3.8) is 0 Å². The maximum atomic E-state index is 12.4. The van der Waals surface area contributed by atoms with Gasteiger partial charge in [0.05, 0.1) is 11.5 Å². The fourth-order valence-corrected chi connectivity index (χ4v) is 3.47. The summed E-state index contributed by atoms with van der Waals surface area (Å²) in [6.07, 6.45) is 12.2. The summed E-state index contributed by atoms with van der Waals surface area (Å²) in [4.78, 5) is 12.4. The Morgan fingerprint density at radius 3 is 3.05 bits per heavy atom. The number of carbonyl (C=O) groups excluding carboxylic acids is 1. The second kappa shape index (κ2) is 3.70. The molecule has 0 saturated heterocycles. The number of allylic oxidation sites excluding steroid dienone is 3. The Balaban J connectivity index is 1.88. The molecule has 19 heavy (non-hydrogen) atoms. The van der Waals surface area contributed by atoms with Crippen molar-refractivity contribution in [1.82, 2.24) is 5.32 Å². The van der Waals surface area contributed by atoms with Gasteiger partial charge < -0.3 is 5.32 Å². The molecule has 4 rings (SSSR count). The molecule has 2 unspecified atom stereocenters. The van der Waals surface area contributed by atoms with Gasteiger partial charge in [0.15, 0.2) is 0 Å². The van der Waals surface area contributed by atoms with E-state index in [1.165, 1.54) is 11.1 Å². The number of aryl methyl sites for hydroxylation is 1. The van der Waals surface area contributed by atoms with Crippen LogP contribution in [0.4, 0.5) is 0 Å². The molecule has 2 aliphatic carbocycles. The number of benzene rings is 1. The van der Waals surface area contributed by atoms with Gasteiger partial charge >= 0.3 is 0 Å². The van der Waals surface area contributed by atoms with Crippen LogP contribution in [0.2, 0.25) is 0 Å². The lowest BCUT2D eigenvalue weighted by Crippen LogP contribution is -2.49. The van der Waals surface area contributed by atoms with E-state index < -0.39 is 0 Å². The minimum Gasteiger partial charge on any atom is -0.342 e. The van der Waals surface area contributed by atoms with Crippen LogP contribution in [0.3, 0.4) is 0 Å². The van der Waals surface area contributed by atoms with Crippen LogP contribution in [0.5, 0.6) is 0 Å². The lowest BCUT2D eigenvalue weighted by Gasteiger charge is -2.36. The van der Waals surface area contributed by atoms with E-state index in [9.17, 15) is 4.79 Å². The van der Waals surface area contributed by atoms with Crippen LogP contribution in [0.1, 0.15) is 17.5 Å². The molecular formula is C17H15NO. The van der Waals surface area contributed by atoms with Crippen LogP contribution in [-0.2, 0) is 16.8 Å². The summed E-state index contributed by atoms with van der Waals surface area (Å²) in [5, 5.41) is 3.25. The van der Waals surface area contributed by atoms with Crippen LogP contribution in [0, 0.1) is 5.92 Å². The summed E-state index contributed by atoms with van der Waals surface area (Å²) in [5.41, 5.74) is 3.46. The maximum absolute atomic E-state index is 12.4. The van der Waals surface area contributed by atoms with E-state index in [-0.39, 0.29) is 17.4 Å². The minimum atomic E-state index is -0.283. The third kappa shape index (κ3) is 1.46. The summed E-state index contributed by atoms with van der Waals surface area (Å²) in [6, 6.07) is 8.43. The Hall–Kier alpha value is -2.09. The third-order valence-corrected chi connectivity index (χ3v) is 4.39. The Kier molecular flexibility index (Phi) is 2.10. The molecule has 1 amide bonds. The van der Waals surface area contributed by atoms with Gasteiger partial charge in [-0.1, -0.05) is 54.6 Å². The van der Waals surface area contributed by atoms with Crippen molar-refractivity contribution >= 4 is 5.91 Å². The molecule has 0 bridgehead atoms. The highest BCUT2D eigenvalue weighted by molar-refractivity contribution is 5.88. The quantitative estimate of drug-likeness (QED) is 0.752. The van der Waals surface area contributed by atoms with Crippen molar-refractivity contribution in [2.75, 3.05) is 0 Å². The lowest BCUT2D eigenvalue weighted by molar-refractivity contribution is -0.124. The second-order valence-corrected chi connectivity index (χ2v) is 5.48. The highest BCUT2D eigenvalue weighted by atomic mass is 16.2. The van der Waals surface area contributed by atoms with E-state index in [1.807, 2.05) is 18.2 Å². The summed E-state index contributed by atoms with van der Waals surface area (Å²) in [7, 11) is 0. The largest absolute Gasteiger partial charge is 0.342 e. The minimum absolute atomic E-state index is 0.108. The molecule has 1 aliphatic heterocycles.